The Balaban J connectivity index is 0. The van der Waals surface area contributed by atoms with Gasteiger partial charge in [0.15, 0.2) is 0 Å². The van der Waals surface area contributed by atoms with Gasteiger partial charge in [-0.3, -0.25) is 4.79 Å². The van der Waals surface area contributed by atoms with E-state index in [1.807, 2.05) is 6.92 Å². The van der Waals surface area contributed by atoms with Crippen molar-refractivity contribution in [1.29, 1.82) is 0 Å². The van der Waals surface area contributed by atoms with Gasteiger partial charge in [-0.1, -0.05) is 26.7 Å². The molecule has 70 valence electrons. The summed E-state index contributed by atoms with van der Waals surface area (Å²) < 4.78 is 0. The average Bonchev–Trinajstić information content (AvgIpc) is 1.89. The van der Waals surface area contributed by atoms with Crippen LogP contribution >= 0.6 is 0 Å². The van der Waals surface area contributed by atoms with E-state index in [1.54, 1.807) is 0 Å². The summed E-state index contributed by atoms with van der Waals surface area (Å²) in [4.78, 5) is 10.4. The summed E-state index contributed by atoms with van der Waals surface area (Å²) in [6.07, 6.45) is 3.71. The van der Waals surface area contributed by atoms with Gasteiger partial charge in [-0.05, 0) is 12.8 Å². The van der Waals surface area contributed by atoms with Crippen molar-refractivity contribution in [2.24, 2.45) is 5.92 Å². The van der Waals surface area contributed by atoms with Crippen molar-refractivity contribution in [3.8, 4) is 0 Å². The zero-order valence-electron chi connectivity index (χ0n) is 7.08. The third-order valence-corrected chi connectivity index (χ3v) is 1.75. The van der Waals surface area contributed by atoms with E-state index in [2.05, 4.69) is 6.92 Å². The monoisotopic (exact) mass is 339 g/mol. The Kier molecular flexibility index (Phi) is 10.3. The molecule has 0 radical (unpaired) electrons. The summed E-state index contributed by atoms with van der Waals surface area (Å²) >= 11 is 0. The number of hydrogen-bond donors (Lipinski definition) is 1. The van der Waals surface area contributed by atoms with Gasteiger partial charge in [0.05, 0.1) is 5.92 Å². The Morgan fingerprint density at radius 1 is 1.45 bits per heavy atom. The average molecular weight is 339 g/mol. The summed E-state index contributed by atoms with van der Waals surface area (Å²) in [5, 5.41) is 8.60. The number of aliphatic carboxylic acids is 1. The fraction of sp³-hybridized carbons (Fsp3) is 0.875. The smallest absolute Gasteiger partial charge is 0.306 e. The molecule has 2 nitrogen and oxygen atoms in total. The number of carboxylic acid groups (broad SMARTS) is 1. The van der Waals surface area contributed by atoms with Crippen LogP contribution in [0.25, 0.3) is 0 Å². The van der Waals surface area contributed by atoms with Gasteiger partial charge in [-0.25, -0.2) is 0 Å². The molecule has 1 unspecified atom stereocenters. The van der Waals surface area contributed by atoms with Gasteiger partial charge in [0.2, 0.25) is 0 Å². The maximum absolute atomic E-state index is 10.4. The molecular formula is C8H16O2Pt. The standard InChI is InChI=1S/C8H16O2.Pt/c1-3-5-6-7(4-2)8(9)10;/h7H,3-6H2,1-2H3,(H,9,10);. The normalized spacial score (nSPS) is 11.8. The second kappa shape index (κ2) is 8.26. The summed E-state index contributed by atoms with van der Waals surface area (Å²) in [5.74, 6) is -0.754. The van der Waals surface area contributed by atoms with Crippen molar-refractivity contribution in [3.63, 3.8) is 0 Å². The number of carbonyl (C=O) groups is 1. The predicted octanol–water partition coefficient (Wildman–Crippen LogP) is 2.28. The van der Waals surface area contributed by atoms with Crippen LogP contribution in [0, 0.1) is 5.92 Å². The van der Waals surface area contributed by atoms with Gasteiger partial charge in [-0.2, -0.15) is 0 Å². The zero-order valence-corrected chi connectivity index (χ0v) is 9.35. The summed E-state index contributed by atoms with van der Waals surface area (Å²) in [5.41, 5.74) is 0. The van der Waals surface area contributed by atoms with Crippen molar-refractivity contribution < 1.29 is 31.0 Å². The molecule has 11 heavy (non-hydrogen) atoms. The molecule has 0 aliphatic carbocycles. The second-order valence-electron chi connectivity index (χ2n) is 2.59. The summed E-state index contributed by atoms with van der Waals surface area (Å²) in [6.45, 7) is 4.00. The van der Waals surface area contributed by atoms with E-state index in [0.717, 1.165) is 25.7 Å². The van der Waals surface area contributed by atoms with Crippen LogP contribution < -0.4 is 0 Å². The largest absolute Gasteiger partial charge is 0.481 e. The van der Waals surface area contributed by atoms with E-state index in [1.165, 1.54) is 0 Å². The molecule has 0 bridgehead atoms. The predicted molar refractivity (Wildman–Crippen MR) is 40.9 cm³/mol. The molecule has 0 heterocycles. The number of hydrogen-bond acceptors (Lipinski definition) is 1. The van der Waals surface area contributed by atoms with Crippen LogP contribution in [0.15, 0.2) is 0 Å². The van der Waals surface area contributed by atoms with Crippen LogP contribution in [0.5, 0.6) is 0 Å². The molecule has 3 heteroatoms. The van der Waals surface area contributed by atoms with E-state index in [0.29, 0.717) is 0 Å². The Morgan fingerprint density at radius 3 is 2.27 bits per heavy atom. The Labute approximate surface area is 82.6 Å². The SMILES string of the molecule is CCCCC(CC)C(=O)O.[Pt]. The molecular weight excluding hydrogens is 323 g/mol. The quantitative estimate of drug-likeness (QED) is 0.834. The molecule has 0 fully saturated rings. The molecule has 0 saturated carbocycles. The van der Waals surface area contributed by atoms with Crippen LogP contribution in [0.1, 0.15) is 39.5 Å². The molecule has 0 rings (SSSR count). The van der Waals surface area contributed by atoms with E-state index in [-0.39, 0.29) is 27.0 Å². The van der Waals surface area contributed by atoms with E-state index < -0.39 is 5.97 Å². The van der Waals surface area contributed by atoms with E-state index in [4.69, 9.17) is 5.11 Å². The van der Waals surface area contributed by atoms with Crippen LogP contribution in [-0.4, -0.2) is 11.1 Å². The fourth-order valence-electron chi connectivity index (χ4n) is 0.953. The van der Waals surface area contributed by atoms with Crippen molar-refractivity contribution in [2.45, 2.75) is 39.5 Å². The van der Waals surface area contributed by atoms with Gasteiger partial charge in [-0.15, -0.1) is 0 Å². The summed E-state index contributed by atoms with van der Waals surface area (Å²) in [6, 6.07) is 0. The topological polar surface area (TPSA) is 37.3 Å². The van der Waals surface area contributed by atoms with Gasteiger partial charge in [0.25, 0.3) is 0 Å². The van der Waals surface area contributed by atoms with Crippen molar-refractivity contribution in [3.05, 3.63) is 0 Å². The number of rotatable bonds is 5. The minimum absolute atomic E-state index is 0. The number of carboxylic acids is 1. The third kappa shape index (κ3) is 6.55. The zero-order chi connectivity index (χ0) is 7.98. The molecule has 0 aliphatic rings. The summed E-state index contributed by atoms with van der Waals surface area (Å²) in [7, 11) is 0. The second-order valence-corrected chi connectivity index (χ2v) is 2.59. The third-order valence-electron chi connectivity index (χ3n) is 1.75. The molecule has 0 aromatic carbocycles. The molecule has 0 amide bonds. The van der Waals surface area contributed by atoms with Gasteiger partial charge < -0.3 is 5.11 Å². The number of unbranched alkanes of at least 4 members (excludes halogenated alkanes) is 1. The maximum atomic E-state index is 10.4. The molecule has 1 N–H and O–H groups in total. The first kappa shape index (κ1) is 13.7. The first-order chi connectivity index (χ1) is 4.72. The van der Waals surface area contributed by atoms with Crippen molar-refractivity contribution in [2.75, 3.05) is 0 Å². The molecule has 0 aromatic rings. The van der Waals surface area contributed by atoms with Gasteiger partial charge in [0, 0.05) is 21.1 Å². The van der Waals surface area contributed by atoms with Gasteiger partial charge >= 0.3 is 5.97 Å². The molecule has 0 aliphatic heterocycles. The first-order valence-electron chi connectivity index (χ1n) is 3.95. The molecule has 1 atom stereocenters. The molecule has 0 aromatic heterocycles. The van der Waals surface area contributed by atoms with Crippen LogP contribution in [0.4, 0.5) is 0 Å². The van der Waals surface area contributed by atoms with Crippen molar-refractivity contribution in [1.82, 2.24) is 0 Å². The van der Waals surface area contributed by atoms with E-state index in [9.17, 15) is 4.79 Å². The van der Waals surface area contributed by atoms with Crippen molar-refractivity contribution >= 4 is 5.97 Å². The molecule has 0 spiro atoms. The Hall–Kier alpha value is 0.158. The van der Waals surface area contributed by atoms with Crippen LogP contribution in [-0.2, 0) is 25.9 Å². The Morgan fingerprint density at radius 2 is 2.00 bits per heavy atom. The van der Waals surface area contributed by atoms with Crippen LogP contribution in [0.3, 0.4) is 0 Å². The minimum Gasteiger partial charge on any atom is -0.481 e. The fourth-order valence-corrected chi connectivity index (χ4v) is 0.953. The molecule has 0 saturated heterocycles. The van der Waals surface area contributed by atoms with Crippen LogP contribution in [0.2, 0.25) is 0 Å². The van der Waals surface area contributed by atoms with Gasteiger partial charge in [0.1, 0.15) is 0 Å². The Bertz CT molecular complexity index is 104. The maximum Gasteiger partial charge on any atom is 0.306 e. The first-order valence-corrected chi connectivity index (χ1v) is 3.95. The van der Waals surface area contributed by atoms with E-state index >= 15 is 0 Å². The minimum atomic E-state index is -0.643.